The van der Waals surface area contributed by atoms with E-state index in [9.17, 15) is 9.59 Å². The topological polar surface area (TPSA) is 97.6 Å². The molecule has 0 spiro atoms. The Morgan fingerprint density at radius 3 is 2.82 bits per heavy atom. The van der Waals surface area contributed by atoms with Gasteiger partial charge in [-0.25, -0.2) is 9.97 Å². The normalized spacial score (nSPS) is 15.7. The Balaban J connectivity index is 1.54. The Bertz CT molecular complexity index is 1380. The van der Waals surface area contributed by atoms with Crippen LogP contribution in [0.1, 0.15) is 34.3 Å². The van der Waals surface area contributed by atoms with E-state index in [0.717, 1.165) is 30.6 Å². The lowest BCUT2D eigenvalue weighted by atomic mass is 10.1. The van der Waals surface area contributed by atoms with E-state index >= 15 is 0 Å². The quantitative estimate of drug-likeness (QED) is 0.445. The number of carbonyl (C=O) groups excluding carboxylic acids is 1. The zero-order valence-corrected chi connectivity index (χ0v) is 18.4. The van der Waals surface area contributed by atoms with Gasteiger partial charge in [0, 0.05) is 25.9 Å². The summed E-state index contributed by atoms with van der Waals surface area (Å²) in [4.78, 5) is 35.5. The molecular formula is C25H25N5O3. The Morgan fingerprint density at radius 2 is 2.03 bits per heavy atom. The monoisotopic (exact) mass is 443 g/mol. The lowest BCUT2D eigenvalue weighted by molar-refractivity contribution is 0.0951. The number of pyridine rings is 2. The standard InChI is InChI=1S/C25H25N5O3/c1-16-9-10-21-28-23-20(25(32)30(21)15-16)12-19(22(29-23)26-14-18-8-5-11-33-18)24(31)27-13-17-6-3-2-4-7-17/h2-4,6-7,9-10,12,15,18H,5,8,11,13-14H2,1H3,(H,26,29)(H,27,31)/t18-/m1/s1. The fourth-order valence-electron chi connectivity index (χ4n) is 4.03. The number of amides is 1. The number of carbonyl (C=O) groups is 1. The van der Waals surface area contributed by atoms with E-state index in [4.69, 9.17) is 4.74 Å². The molecule has 2 N–H and O–H groups in total. The maximum Gasteiger partial charge on any atom is 0.267 e. The molecule has 8 nitrogen and oxygen atoms in total. The van der Waals surface area contributed by atoms with E-state index in [1.165, 1.54) is 4.40 Å². The summed E-state index contributed by atoms with van der Waals surface area (Å²) in [5, 5.41) is 6.49. The van der Waals surface area contributed by atoms with E-state index in [0.29, 0.717) is 41.2 Å². The van der Waals surface area contributed by atoms with Crippen LogP contribution >= 0.6 is 0 Å². The molecule has 4 heterocycles. The van der Waals surface area contributed by atoms with E-state index in [-0.39, 0.29) is 17.6 Å². The van der Waals surface area contributed by atoms with E-state index in [1.807, 2.05) is 43.3 Å². The molecule has 0 unspecified atom stereocenters. The highest BCUT2D eigenvalue weighted by atomic mass is 16.5. The van der Waals surface area contributed by atoms with Crippen molar-refractivity contribution in [2.45, 2.75) is 32.4 Å². The van der Waals surface area contributed by atoms with Gasteiger partial charge in [0.05, 0.1) is 17.1 Å². The van der Waals surface area contributed by atoms with Crippen molar-refractivity contribution in [2.24, 2.45) is 0 Å². The molecule has 0 radical (unpaired) electrons. The van der Waals surface area contributed by atoms with Gasteiger partial charge >= 0.3 is 0 Å². The van der Waals surface area contributed by atoms with Gasteiger partial charge in [0.15, 0.2) is 5.65 Å². The SMILES string of the molecule is Cc1ccc2nc3nc(NC[C@H]4CCCO4)c(C(=O)NCc4ccccc4)cc3c(=O)n2c1. The first kappa shape index (κ1) is 21.1. The summed E-state index contributed by atoms with van der Waals surface area (Å²) in [6.45, 7) is 3.56. The van der Waals surface area contributed by atoms with Crippen LogP contribution in [0.25, 0.3) is 16.7 Å². The molecule has 168 valence electrons. The van der Waals surface area contributed by atoms with Crippen LogP contribution in [-0.4, -0.2) is 39.5 Å². The van der Waals surface area contributed by atoms with Crippen LogP contribution in [0.4, 0.5) is 5.82 Å². The average molecular weight is 444 g/mol. The van der Waals surface area contributed by atoms with Crippen LogP contribution in [0.15, 0.2) is 59.5 Å². The van der Waals surface area contributed by atoms with Crippen molar-refractivity contribution in [3.63, 3.8) is 0 Å². The molecule has 1 aromatic carbocycles. The van der Waals surface area contributed by atoms with Gasteiger partial charge in [-0.2, -0.15) is 0 Å². The summed E-state index contributed by atoms with van der Waals surface area (Å²) < 4.78 is 7.19. The molecule has 8 heteroatoms. The summed E-state index contributed by atoms with van der Waals surface area (Å²) >= 11 is 0. The second-order valence-corrected chi connectivity index (χ2v) is 8.29. The van der Waals surface area contributed by atoms with Crippen molar-refractivity contribution in [3.8, 4) is 0 Å². The molecule has 1 amide bonds. The number of aromatic nitrogens is 3. The fraction of sp³-hybridized carbons (Fsp3) is 0.280. The predicted octanol–water partition coefficient (Wildman–Crippen LogP) is 3.07. The van der Waals surface area contributed by atoms with Crippen LogP contribution in [0.2, 0.25) is 0 Å². The van der Waals surface area contributed by atoms with Gasteiger partial charge in [-0.1, -0.05) is 36.4 Å². The van der Waals surface area contributed by atoms with Crippen molar-refractivity contribution >= 4 is 28.4 Å². The van der Waals surface area contributed by atoms with Crippen LogP contribution in [-0.2, 0) is 11.3 Å². The zero-order valence-electron chi connectivity index (χ0n) is 18.4. The minimum Gasteiger partial charge on any atom is -0.376 e. The highest BCUT2D eigenvalue weighted by Crippen LogP contribution is 2.20. The summed E-state index contributed by atoms with van der Waals surface area (Å²) in [5.41, 5.74) is 2.79. The first-order valence-electron chi connectivity index (χ1n) is 11.1. The minimum atomic E-state index is -0.308. The lowest BCUT2D eigenvalue weighted by Gasteiger charge is -2.15. The minimum absolute atomic E-state index is 0.0703. The van der Waals surface area contributed by atoms with Crippen molar-refractivity contribution < 1.29 is 9.53 Å². The summed E-state index contributed by atoms with van der Waals surface area (Å²) in [6, 6.07) is 14.9. The largest absolute Gasteiger partial charge is 0.376 e. The van der Waals surface area contributed by atoms with E-state index < -0.39 is 0 Å². The first-order chi connectivity index (χ1) is 16.1. The van der Waals surface area contributed by atoms with E-state index in [1.54, 1.807) is 18.3 Å². The molecule has 0 saturated carbocycles. The molecule has 1 aliphatic rings. The number of benzene rings is 1. The number of hydrogen-bond donors (Lipinski definition) is 2. The Labute approximate surface area is 190 Å². The number of nitrogens with zero attached hydrogens (tertiary/aromatic N) is 3. The van der Waals surface area contributed by atoms with Crippen molar-refractivity contribution in [2.75, 3.05) is 18.5 Å². The van der Waals surface area contributed by atoms with Crippen LogP contribution in [0.3, 0.4) is 0 Å². The maximum atomic E-state index is 13.2. The van der Waals surface area contributed by atoms with Crippen LogP contribution in [0.5, 0.6) is 0 Å². The lowest BCUT2D eigenvalue weighted by Crippen LogP contribution is -2.27. The molecule has 0 aliphatic carbocycles. The predicted molar refractivity (Wildman–Crippen MR) is 127 cm³/mol. The molecular weight excluding hydrogens is 418 g/mol. The number of ether oxygens (including phenoxy) is 1. The maximum absolute atomic E-state index is 13.2. The number of fused-ring (bicyclic) bond motifs is 2. The smallest absolute Gasteiger partial charge is 0.267 e. The highest BCUT2D eigenvalue weighted by molar-refractivity contribution is 6.01. The summed E-state index contributed by atoms with van der Waals surface area (Å²) in [6.07, 6.45) is 3.79. The Morgan fingerprint density at radius 1 is 1.18 bits per heavy atom. The van der Waals surface area contributed by atoms with Gasteiger partial charge < -0.3 is 15.4 Å². The Hall–Kier alpha value is -3.78. The van der Waals surface area contributed by atoms with Gasteiger partial charge in [-0.05, 0) is 43.0 Å². The number of aryl methyl sites for hydroxylation is 1. The number of hydrogen-bond acceptors (Lipinski definition) is 6. The van der Waals surface area contributed by atoms with Gasteiger partial charge in [-0.15, -0.1) is 0 Å². The second kappa shape index (κ2) is 8.99. The molecule has 1 saturated heterocycles. The first-order valence-corrected chi connectivity index (χ1v) is 11.1. The third-order valence-electron chi connectivity index (χ3n) is 5.81. The summed E-state index contributed by atoms with van der Waals surface area (Å²) in [7, 11) is 0. The van der Waals surface area contributed by atoms with E-state index in [2.05, 4.69) is 20.6 Å². The Kier molecular flexibility index (Phi) is 5.75. The molecule has 33 heavy (non-hydrogen) atoms. The molecule has 3 aromatic heterocycles. The zero-order chi connectivity index (χ0) is 22.8. The molecule has 5 rings (SSSR count). The van der Waals surface area contributed by atoms with Crippen LogP contribution in [0, 0.1) is 6.92 Å². The van der Waals surface area contributed by atoms with Crippen LogP contribution < -0.4 is 16.2 Å². The van der Waals surface area contributed by atoms with Crippen molar-refractivity contribution in [1.29, 1.82) is 0 Å². The number of rotatable bonds is 6. The van der Waals surface area contributed by atoms with Gasteiger partial charge in [0.2, 0.25) is 0 Å². The molecule has 1 atom stereocenters. The third-order valence-corrected chi connectivity index (χ3v) is 5.81. The second-order valence-electron chi connectivity index (χ2n) is 8.29. The third kappa shape index (κ3) is 4.42. The van der Waals surface area contributed by atoms with Gasteiger partial charge in [-0.3, -0.25) is 14.0 Å². The highest BCUT2D eigenvalue weighted by Gasteiger charge is 2.20. The van der Waals surface area contributed by atoms with Gasteiger partial charge in [0.1, 0.15) is 11.5 Å². The van der Waals surface area contributed by atoms with Crippen molar-refractivity contribution in [1.82, 2.24) is 19.7 Å². The molecule has 4 aromatic rings. The average Bonchev–Trinajstić information content (AvgIpc) is 3.36. The van der Waals surface area contributed by atoms with Gasteiger partial charge in [0.25, 0.3) is 11.5 Å². The number of nitrogens with one attached hydrogen (secondary N) is 2. The fourth-order valence-corrected chi connectivity index (χ4v) is 4.03. The van der Waals surface area contributed by atoms with Crippen molar-refractivity contribution in [3.05, 3.63) is 81.8 Å². The molecule has 1 fully saturated rings. The number of anilines is 1. The molecule has 0 bridgehead atoms. The molecule has 1 aliphatic heterocycles. The summed E-state index contributed by atoms with van der Waals surface area (Å²) in [5.74, 6) is 0.0868.